The van der Waals surface area contributed by atoms with Gasteiger partial charge >= 0.3 is 11.9 Å². The smallest absolute Gasteiger partial charge is 0.325 e. The zero-order chi connectivity index (χ0) is 49.4. The molecule has 356 valence electrons. The molecule has 4 aromatic rings. The van der Waals surface area contributed by atoms with Crippen LogP contribution >= 0.6 is 0 Å². The van der Waals surface area contributed by atoms with Crippen molar-refractivity contribution in [2.24, 2.45) is 0 Å². The number of hydrogen-bond donors (Lipinski definition) is 6. The van der Waals surface area contributed by atoms with Gasteiger partial charge in [-0.2, -0.15) is 0 Å². The molecular weight excluding hydrogens is 837 g/mol. The Bertz CT molecular complexity index is 2260. The fourth-order valence-electron chi connectivity index (χ4n) is 7.98. The molecule has 8 bridgehead atoms. The van der Waals surface area contributed by atoms with Gasteiger partial charge < -0.3 is 40.5 Å². The normalized spacial score (nSPS) is 14.2. The molecule has 0 aliphatic heterocycles. The Kier molecular flexibility index (Phi) is 14.7. The van der Waals surface area contributed by atoms with Gasteiger partial charge in [-0.15, -0.1) is 0 Å². The summed E-state index contributed by atoms with van der Waals surface area (Å²) in [6.45, 7) is 27.0. The number of amides is 2. The summed E-state index contributed by atoms with van der Waals surface area (Å²) in [6, 6.07) is 13.8. The van der Waals surface area contributed by atoms with Crippen molar-refractivity contribution >= 4 is 23.8 Å². The highest BCUT2D eigenvalue weighted by Crippen LogP contribution is 2.44. The largest absolute Gasteiger partial charge is 0.507 e. The van der Waals surface area contributed by atoms with E-state index in [9.17, 15) is 39.6 Å². The second-order valence-corrected chi connectivity index (χ2v) is 22.1. The number of carbonyl (C=O) groups is 4. The number of hydrogen-bond acceptors (Lipinski definition) is 8. The molecule has 2 amide bonds. The van der Waals surface area contributed by atoms with Gasteiger partial charge in [0.25, 0.3) is 11.8 Å². The summed E-state index contributed by atoms with van der Waals surface area (Å²) in [7, 11) is 0. The summed E-state index contributed by atoms with van der Waals surface area (Å²) in [5, 5.41) is 49.0. The molecule has 12 nitrogen and oxygen atoms in total. The molecule has 0 saturated heterocycles. The van der Waals surface area contributed by atoms with Crippen molar-refractivity contribution in [2.45, 2.75) is 156 Å². The van der Waals surface area contributed by atoms with Crippen molar-refractivity contribution in [3.8, 4) is 23.0 Å². The molecule has 2 unspecified atom stereocenters. The van der Waals surface area contributed by atoms with Crippen LogP contribution in [-0.2, 0) is 66.5 Å². The number of rotatable bonds is 10. The predicted octanol–water partition coefficient (Wildman–Crippen LogP) is 8.90. The first-order chi connectivity index (χ1) is 30.3. The SMILES string of the molecule is CC(NC(=O)COc1c2cc(C(C)(C)C)cc1Cc1cc(C(C)(C)C)cc(c1O)Cc1cc(C(C)(C)C)cc(c1OCC(=O)NC(C)C(=O)O)Cc1cc(C(C)(C)C)cc(c1O)C2)C(=O)O. The number of carboxylic acid groups (broad SMARTS) is 2. The zero-order valence-electron chi connectivity index (χ0n) is 41.3. The third kappa shape index (κ3) is 12.2. The summed E-state index contributed by atoms with van der Waals surface area (Å²) < 4.78 is 12.9. The molecule has 4 aromatic carbocycles. The van der Waals surface area contributed by atoms with E-state index in [1.807, 2.05) is 48.5 Å². The summed E-state index contributed by atoms with van der Waals surface area (Å²) in [6.07, 6.45) is 0.722. The molecular formula is C54H70N2O10. The summed E-state index contributed by atoms with van der Waals surface area (Å²) in [4.78, 5) is 49.8. The van der Waals surface area contributed by atoms with Gasteiger partial charge in [0.15, 0.2) is 13.2 Å². The van der Waals surface area contributed by atoms with Crippen LogP contribution in [0.1, 0.15) is 164 Å². The van der Waals surface area contributed by atoms with E-state index in [0.29, 0.717) is 56.0 Å². The van der Waals surface area contributed by atoms with E-state index < -0.39 is 49.1 Å². The first-order valence-corrected chi connectivity index (χ1v) is 22.7. The lowest BCUT2D eigenvalue weighted by Gasteiger charge is -2.28. The number of phenols is 2. The molecule has 66 heavy (non-hydrogen) atoms. The van der Waals surface area contributed by atoms with Crippen LogP contribution in [0, 0.1) is 0 Å². The number of ether oxygens (including phenoxy) is 2. The van der Waals surface area contributed by atoms with E-state index in [1.54, 1.807) is 0 Å². The van der Waals surface area contributed by atoms with Crippen LogP contribution in [-0.4, -0.2) is 69.5 Å². The number of carboxylic acids is 2. The van der Waals surface area contributed by atoms with Crippen LogP contribution in [0.2, 0.25) is 0 Å². The molecule has 2 atom stereocenters. The van der Waals surface area contributed by atoms with Crippen LogP contribution < -0.4 is 20.1 Å². The number of aliphatic carboxylic acids is 2. The fraction of sp³-hybridized carbons (Fsp3) is 0.481. The van der Waals surface area contributed by atoms with Gasteiger partial charge in [0.05, 0.1) is 0 Å². The maximum atomic E-state index is 13.2. The molecule has 0 heterocycles. The van der Waals surface area contributed by atoms with E-state index >= 15 is 0 Å². The summed E-state index contributed by atoms with van der Waals surface area (Å²) in [5.74, 6) is -2.72. The Morgan fingerprint density at radius 2 is 0.667 bits per heavy atom. The van der Waals surface area contributed by atoms with E-state index in [4.69, 9.17) is 9.47 Å². The number of benzene rings is 4. The van der Waals surface area contributed by atoms with Crippen LogP contribution in [0.15, 0.2) is 48.5 Å². The number of fused-ring (bicyclic) bond motifs is 8. The van der Waals surface area contributed by atoms with E-state index in [-0.39, 0.29) is 58.8 Å². The molecule has 5 rings (SSSR count). The minimum atomic E-state index is -1.18. The van der Waals surface area contributed by atoms with Gasteiger partial charge in [0.1, 0.15) is 35.1 Å². The molecule has 1 aliphatic rings. The maximum absolute atomic E-state index is 13.2. The summed E-state index contributed by atoms with van der Waals surface area (Å²) in [5.41, 5.74) is 7.56. The summed E-state index contributed by atoms with van der Waals surface area (Å²) >= 11 is 0. The number of carbonyl (C=O) groups excluding carboxylic acids is 2. The molecule has 0 radical (unpaired) electrons. The van der Waals surface area contributed by atoms with Gasteiger partial charge in [0, 0.05) is 25.7 Å². The second-order valence-electron chi connectivity index (χ2n) is 22.1. The number of aromatic hydroxyl groups is 2. The van der Waals surface area contributed by atoms with Crippen molar-refractivity contribution in [2.75, 3.05) is 13.2 Å². The first kappa shape index (κ1) is 51.0. The lowest BCUT2D eigenvalue weighted by Crippen LogP contribution is -2.40. The monoisotopic (exact) mass is 907 g/mol. The highest BCUT2D eigenvalue weighted by atomic mass is 16.5. The Labute approximate surface area is 390 Å². The first-order valence-electron chi connectivity index (χ1n) is 22.7. The van der Waals surface area contributed by atoms with Gasteiger partial charge in [-0.3, -0.25) is 19.2 Å². The topological polar surface area (TPSA) is 192 Å². The predicted molar refractivity (Wildman–Crippen MR) is 257 cm³/mol. The Balaban J connectivity index is 1.89. The Hall–Kier alpha value is -6.04. The third-order valence-corrected chi connectivity index (χ3v) is 12.2. The zero-order valence-corrected chi connectivity index (χ0v) is 41.3. The Morgan fingerprint density at radius 1 is 0.455 bits per heavy atom. The third-order valence-electron chi connectivity index (χ3n) is 12.2. The van der Waals surface area contributed by atoms with E-state index in [0.717, 1.165) is 22.3 Å². The molecule has 0 saturated carbocycles. The highest BCUT2D eigenvalue weighted by molar-refractivity contribution is 5.85. The average molecular weight is 907 g/mol. The standard InChI is InChI=1S/C54H70N2O10/c1-29(49(61)62)55-43(57)27-65-47-35-15-31-19-39(51(3,4)5)21-33(45(31)59)17-37-25-42(54(12,13)14)26-38(48(37)66-28-44(58)56-30(2)50(63)64)18-34-22-40(52(6,7)8)20-32(46(34)60)16-36(47)24-41(23-35)53(9,10)11/h19-26,29-30,59-60H,15-18,27-28H2,1-14H3,(H,55,57)(H,56,58)(H,61,62)(H,63,64). The van der Waals surface area contributed by atoms with Crippen molar-refractivity contribution in [1.29, 1.82) is 0 Å². The van der Waals surface area contributed by atoms with Gasteiger partial charge in [-0.25, -0.2) is 0 Å². The van der Waals surface area contributed by atoms with Crippen LogP contribution in [0.3, 0.4) is 0 Å². The highest BCUT2D eigenvalue weighted by Gasteiger charge is 2.29. The lowest BCUT2D eigenvalue weighted by molar-refractivity contribution is -0.141. The van der Waals surface area contributed by atoms with Crippen molar-refractivity contribution in [3.63, 3.8) is 0 Å². The average Bonchev–Trinajstić information content (AvgIpc) is 3.17. The molecule has 0 aromatic heterocycles. The minimum absolute atomic E-state index is 0.0520. The second kappa shape index (κ2) is 19.1. The van der Waals surface area contributed by atoms with Crippen LogP contribution in [0.5, 0.6) is 23.0 Å². The van der Waals surface area contributed by atoms with Crippen LogP contribution in [0.25, 0.3) is 0 Å². The van der Waals surface area contributed by atoms with Crippen molar-refractivity contribution < 1.29 is 49.1 Å². The van der Waals surface area contributed by atoms with Crippen LogP contribution in [0.4, 0.5) is 0 Å². The molecule has 6 N–H and O–H groups in total. The lowest BCUT2D eigenvalue weighted by atomic mass is 9.79. The molecule has 1 aliphatic carbocycles. The fourth-order valence-corrected chi connectivity index (χ4v) is 7.98. The number of phenolic OH excluding ortho intramolecular Hbond substituents is 2. The van der Waals surface area contributed by atoms with E-state index in [1.165, 1.54) is 13.8 Å². The van der Waals surface area contributed by atoms with Crippen molar-refractivity contribution in [1.82, 2.24) is 10.6 Å². The van der Waals surface area contributed by atoms with Gasteiger partial charge in [-0.1, -0.05) is 132 Å². The molecule has 12 heteroatoms. The van der Waals surface area contributed by atoms with Gasteiger partial charge in [-0.05, 0) is 102 Å². The minimum Gasteiger partial charge on any atom is -0.507 e. The molecule has 0 spiro atoms. The maximum Gasteiger partial charge on any atom is 0.325 e. The van der Waals surface area contributed by atoms with E-state index in [2.05, 4.69) is 93.7 Å². The Morgan fingerprint density at radius 3 is 0.864 bits per heavy atom. The van der Waals surface area contributed by atoms with Crippen molar-refractivity contribution in [3.05, 3.63) is 115 Å². The van der Waals surface area contributed by atoms with Gasteiger partial charge in [0.2, 0.25) is 0 Å². The quantitative estimate of drug-likeness (QED) is 0.0789. The molecule has 0 fully saturated rings. The number of nitrogens with one attached hydrogen (secondary N) is 2.